The molecular weight excluding hydrogens is 422 g/mol. The normalized spacial score (nSPS) is 21.4. The van der Waals surface area contributed by atoms with Gasteiger partial charge in [0.15, 0.2) is 5.17 Å². The molecule has 0 unspecified atom stereocenters. The Morgan fingerprint density at radius 1 is 1.11 bits per heavy atom. The van der Waals surface area contributed by atoms with Crippen LogP contribution in [-0.2, 0) is 14.8 Å². The Labute approximate surface area is 170 Å². The van der Waals surface area contributed by atoms with Gasteiger partial charge in [0.05, 0.1) is 10.7 Å². The van der Waals surface area contributed by atoms with Crippen molar-refractivity contribution >= 4 is 61.6 Å². The lowest BCUT2D eigenvalue weighted by Crippen LogP contribution is -2.29. The number of para-hydroxylation sites is 1. The standard InChI is InChI=1S/C17H15N3O3S4/c1-3-20-15(21)14(16-19(2)11-7-4-5-8-12(11)25-16)26-17(20)18-27(22,23)13-9-6-10-24-13/h4-10H,3H2,1-2H3. The van der Waals surface area contributed by atoms with Crippen molar-refractivity contribution in [2.75, 3.05) is 18.5 Å². The molecule has 0 spiro atoms. The number of carbonyl (C=O) groups excluding carboxylic acids is 1. The van der Waals surface area contributed by atoms with Crippen LogP contribution in [0.4, 0.5) is 5.69 Å². The Bertz CT molecular complexity index is 1070. The first-order valence-electron chi connectivity index (χ1n) is 8.05. The van der Waals surface area contributed by atoms with Crippen LogP contribution in [0.2, 0.25) is 0 Å². The molecule has 2 aliphatic heterocycles. The Morgan fingerprint density at radius 3 is 2.56 bits per heavy atom. The summed E-state index contributed by atoms with van der Waals surface area (Å²) in [4.78, 5) is 17.9. The number of nitrogens with zero attached hydrogens (tertiary/aromatic N) is 3. The van der Waals surface area contributed by atoms with Crippen molar-refractivity contribution in [2.45, 2.75) is 16.0 Å². The van der Waals surface area contributed by atoms with Gasteiger partial charge < -0.3 is 4.90 Å². The number of hydrogen-bond acceptors (Lipinski definition) is 7. The second-order valence-electron chi connectivity index (χ2n) is 5.70. The van der Waals surface area contributed by atoms with Gasteiger partial charge in [-0.25, -0.2) is 0 Å². The van der Waals surface area contributed by atoms with E-state index in [0.29, 0.717) is 11.4 Å². The maximum atomic E-state index is 12.9. The van der Waals surface area contributed by atoms with Crippen molar-refractivity contribution in [3.8, 4) is 0 Å². The van der Waals surface area contributed by atoms with E-state index in [9.17, 15) is 13.2 Å². The summed E-state index contributed by atoms with van der Waals surface area (Å²) < 4.78 is 29.2. The lowest BCUT2D eigenvalue weighted by Gasteiger charge is -2.15. The van der Waals surface area contributed by atoms with Crippen molar-refractivity contribution in [3.05, 3.63) is 51.7 Å². The average molecular weight is 438 g/mol. The molecule has 10 heteroatoms. The molecule has 0 bridgehead atoms. The fourth-order valence-electron chi connectivity index (χ4n) is 2.74. The van der Waals surface area contributed by atoms with Gasteiger partial charge in [0.2, 0.25) is 0 Å². The number of sulfonamides is 1. The van der Waals surface area contributed by atoms with Crippen LogP contribution < -0.4 is 4.90 Å². The monoisotopic (exact) mass is 437 g/mol. The topological polar surface area (TPSA) is 70.1 Å². The molecule has 27 heavy (non-hydrogen) atoms. The molecule has 1 saturated heterocycles. The van der Waals surface area contributed by atoms with Crippen LogP contribution in [0.15, 0.2) is 65.2 Å². The highest BCUT2D eigenvalue weighted by atomic mass is 32.2. The Balaban J connectivity index is 1.75. The van der Waals surface area contributed by atoms with Crippen LogP contribution in [0.1, 0.15) is 6.92 Å². The lowest BCUT2D eigenvalue weighted by molar-refractivity contribution is -0.122. The zero-order chi connectivity index (χ0) is 19.2. The molecule has 0 N–H and O–H groups in total. The molecule has 0 atom stereocenters. The largest absolute Gasteiger partial charge is 0.337 e. The third kappa shape index (κ3) is 3.20. The number of carbonyl (C=O) groups is 1. The summed E-state index contributed by atoms with van der Waals surface area (Å²) in [5, 5.41) is 2.68. The first-order valence-corrected chi connectivity index (χ1v) is 12.0. The number of hydrogen-bond donors (Lipinski definition) is 0. The third-order valence-electron chi connectivity index (χ3n) is 4.06. The van der Waals surface area contributed by atoms with E-state index in [1.165, 1.54) is 22.7 Å². The molecule has 1 amide bonds. The van der Waals surface area contributed by atoms with E-state index in [1.54, 1.807) is 18.4 Å². The van der Waals surface area contributed by atoms with Crippen molar-refractivity contribution in [3.63, 3.8) is 0 Å². The molecule has 0 saturated carbocycles. The van der Waals surface area contributed by atoms with Gasteiger partial charge in [0, 0.05) is 18.5 Å². The summed E-state index contributed by atoms with van der Waals surface area (Å²) in [7, 11) is -1.93. The minimum atomic E-state index is -3.83. The highest BCUT2D eigenvalue weighted by Crippen LogP contribution is 2.49. The summed E-state index contributed by atoms with van der Waals surface area (Å²) in [5.41, 5.74) is 1.03. The summed E-state index contributed by atoms with van der Waals surface area (Å²) in [6.45, 7) is 2.16. The van der Waals surface area contributed by atoms with E-state index < -0.39 is 10.0 Å². The molecule has 4 rings (SSSR count). The second-order valence-corrected chi connectivity index (χ2v) is 10.5. The number of thioether (sulfide) groups is 2. The number of fused-ring (bicyclic) bond motifs is 1. The van der Waals surface area contributed by atoms with Gasteiger partial charge in [0.25, 0.3) is 15.9 Å². The van der Waals surface area contributed by atoms with E-state index in [1.807, 2.05) is 36.2 Å². The zero-order valence-electron chi connectivity index (χ0n) is 14.4. The quantitative estimate of drug-likeness (QED) is 0.681. The molecule has 1 aromatic heterocycles. The minimum absolute atomic E-state index is 0.167. The Hall–Kier alpha value is -1.75. The summed E-state index contributed by atoms with van der Waals surface area (Å²) in [5.74, 6) is -0.218. The van der Waals surface area contributed by atoms with Crippen LogP contribution in [0.3, 0.4) is 0 Å². The molecule has 0 aliphatic carbocycles. The Kier molecular flexibility index (Phi) is 4.83. The maximum Gasteiger partial charge on any atom is 0.294 e. The fraction of sp³-hybridized carbons (Fsp3) is 0.176. The Morgan fingerprint density at radius 2 is 1.89 bits per heavy atom. The van der Waals surface area contributed by atoms with Crippen LogP contribution in [-0.4, -0.2) is 38.0 Å². The van der Waals surface area contributed by atoms with E-state index in [4.69, 9.17) is 0 Å². The number of anilines is 1. The number of thiophene rings is 1. The summed E-state index contributed by atoms with van der Waals surface area (Å²) in [6.07, 6.45) is 0. The number of likely N-dealkylation sites (N-methyl/N-ethyl adjacent to an activating group) is 1. The number of rotatable bonds is 3. The third-order valence-corrected chi connectivity index (χ3v) is 9.25. The number of amides is 1. The molecule has 2 aromatic rings. The van der Waals surface area contributed by atoms with Crippen LogP contribution in [0.5, 0.6) is 0 Å². The van der Waals surface area contributed by atoms with Gasteiger partial charge >= 0.3 is 0 Å². The van der Waals surface area contributed by atoms with Gasteiger partial charge in [-0.2, -0.15) is 8.42 Å². The minimum Gasteiger partial charge on any atom is -0.337 e. The molecule has 2 aliphatic rings. The molecular formula is C17H15N3O3S4. The average Bonchev–Trinajstić information content (AvgIpc) is 3.35. The first kappa shape index (κ1) is 18.6. The predicted octanol–water partition coefficient (Wildman–Crippen LogP) is 3.80. The number of benzene rings is 1. The van der Waals surface area contributed by atoms with Crippen molar-refractivity contribution in [1.29, 1.82) is 0 Å². The molecule has 6 nitrogen and oxygen atoms in total. The lowest BCUT2D eigenvalue weighted by atomic mass is 10.3. The van der Waals surface area contributed by atoms with Gasteiger partial charge in [-0.3, -0.25) is 9.69 Å². The number of amidine groups is 1. The SMILES string of the molecule is CCN1C(=O)C(=C2Sc3ccccc3N2C)SC1=NS(=O)(=O)c1cccs1. The van der Waals surface area contributed by atoms with Gasteiger partial charge in [0.1, 0.15) is 9.11 Å². The molecule has 1 aromatic carbocycles. The van der Waals surface area contributed by atoms with E-state index in [-0.39, 0.29) is 15.3 Å². The van der Waals surface area contributed by atoms with E-state index in [0.717, 1.165) is 38.7 Å². The highest BCUT2D eigenvalue weighted by molar-refractivity contribution is 8.19. The summed E-state index contributed by atoms with van der Waals surface area (Å²) in [6, 6.07) is 11.1. The second kappa shape index (κ2) is 7.01. The smallest absolute Gasteiger partial charge is 0.294 e. The molecule has 3 heterocycles. The van der Waals surface area contributed by atoms with Gasteiger partial charge in [-0.1, -0.05) is 30.0 Å². The van der Waals surface area contributed by atoms with Crippen LogP contribution >= 0.6 is 34.9 Å². The predicted molar refractivity (Wildman–Crippen MR) is 112 cm³/mol. The summed E-state index contributed by atoms with van der Waals surface area (Å²) >= 11 is 3.74. The van der Waals surface area contributed by atoms with Crippen LogP contribution in [0, 0.1) is 0 Å². The zero-order valence-corrected chi connectivity index (χ0v) is 17.7. The van der Waals surface area contributed by atoms with Crippen molar-refractivity contribution in [2.24, 2.45) is 4.40 Å². The van der Waals surface area contributed by atoms with E-state index >= 15 is 0 Å². The van der Waals surface area contributed by atoms with Crippen LogP contribution in [0.25, 0.3) is 0 Å². The van der Waals surface area contributed by atoms with E-state index in [2.05, 4.69) is 4.40 Å². The fourth-order valence-corrected chi connectivity index (χ4v) is 7.30. The van der Waals surface area contributed by atoms with Gasteiger partial charge in [-0.05, 0) is 42.3 Å². The molecule has 0 radical (unpaired) electrons. The maximum absolute atomic E-state index is 12.9. The van der Waals surface area contributed by atoms with Crippen molar-refractivity contribution in [1.82, 2.24) is 4.90 Å². The first-order chi connectivity index (χ1) is 12.9. The van der Waals surface area contributed by atoms with Crippen molar-refractivity contribution < 1.29 is 13.2 Å². The molecule has 1 fully saturated rings. The van der Waals surface area contributed by atoms with Gasteiger partial charge in [-0.15, -0.1) is 15.7 Å². The molecule has 140 valence electrons. The highest BCUT2D eigenvalue weighted by Gasteiger charge is 2.39.